The predicted molar refractivity (Wildman–Crippen MR) is 228 cm³/mol. The van der Waals surface area contributed by atoms with Crippen molar-refractivity contribution in [3.8, 4) is 0 Å². The molecule has 3 fully saturated rings. The number of rotatable bonds is 14. The van der Waals surface area contributed by atoms with E-state index in [-0.39, 0.29) is 16.7 Å². The molecule has 396 valence electrons. The molecule has 0 amide bonds. The topological polar surface area (TPSA) is 520 Å². The first kappa shape index (κ1) is 59.4. The van der Waals surface area contributed by atoms with Crippen LogP contribution in [0.25, 0.3) is 0 Å². The average Bonchev–Trinajstić information content (AvgIpc) is 3.79. The molecule has 6 heterocycles. The molecule has 0 radical (unpaired) electrons. The SMILES string of the molecule is Cn1cc([C@@H]2O[C@H](CO)[C@H](O)C2O)c(=O)[nH]c1=O.Cn1cc([C@@H]2O[C@H](COP(=O)(Cl)Cl)[C@H](O)C2O)c(=O)[nH]c1=O.Cn1cc([C@@H]2O[C@H](COP(=O)(O)OP(=O)(O)OP(=O)(O)O)[C@H](O)C2O)c(=O)[nH]c1=O. The third kappa shape index (κ3) is 15.4. The molecule has 3 aliphatic heterocycles. The Morgan fingerprint density at radius 1 is 0.529 bits per heavy atom. The largest absolute Gasteiger partial charge is 0.490 e. The lowest BCUT2D eigenvalue weighted by atomic mass is 10.0. The molecule has 40 heteroatoms. The Morgan fingerprint density at radius 3 is 1.14 bits per heavy atom. The number of aliphatic hydroxyl groups excluding tert-OH is 7. The van der Waals surface area contributed by atoms with Gasteiger partial charge in [-0.1, -0.05) is 0 Å². The molecule has 70 heavy (non-hydrogen) atoms. The van der Waals surface area contributed by atoms with Crippen LogP contribution in [0.2, 0.25) is 0 Å². The molecule has 0 saturated carbocycles. The Bertz CT molecular complexity index is 2920. The van der Waals surface area contributed by atoms with E-state index in [0.717, 1.165) is 19.9 Å². The summed E-state index contributed by atoms with van der Waals surface area (Å²) < 4.78 is 79.5. The summed E-state index contributed by atoms with van der Waals surface area (Å²) in [6, 6.07) is 0. The van der Waals surface area contributed by atoms with Crippen molar-refractivity contribution in [1.82, 2.24) is 28.7 Å². The fourth-order valence-electron chi connectivity index (χ4n) is 6.43. The van der Waals surface area contributed by atoms with Gasteiger partial charge in [-0.15, -0.1) is 0 Å². The highest BCUT2D eigenvalue weighted by atomic mass is 35.9. The zero-order chi connectivity index (χ0) is 53.2. The van der Waals surface area contributed by atoms with Crippen LogP contribution in [0.15, 0.2) is 47.4 Å². The molecule has 0 spiro atoms. The second-order valence-corrected chi connectivity index (χ2v) is 23.6. The fraction of sp³-hybridized carbons (Fsp3) is 0.600. The lowest BCUT2D eigenvalue weighted by molar-refractivity contribution is -0.0233. The van der Waals surface area contributed by atoms with Gasteiger partial charge in [-0.2, -0.15) is 8.62 Å². The summed E-state index contributed by atoms with van der Waals surface area (Å²) in [6.07, 6.45) is -16.7. The van der Waals surface area contributed by atoms with Gasteiger partial charge in [0.05, 0.1) is 36.5 Å². The smallest absolute Gasteiger partial charge is 0.394 e. The van der Waals surface area contributed by atoms with Gasteiger partial charge < -0.3 is 87.8 Å². The molecule has 3 aromatic heterocycles. The van der Waals surface area contributed by atoms with E-state index in [1.807, 2.05) is 4.98 Å². The highest BCUT2D eigenvalue weighted by Crippen LogP contribution is 2.66. The lowest BCUT2D eigenvalue weighted by Crippen LogP contribution is -2.35. The molecular formula is C30H44Cl2N6O28P4. The molecule has 0 aromatic carbocycles. The highest BCUT2D eigenvalue weighted by Gasteiger charge is 2.48. The molecule has 14 atom stereocenters. The van der Waals surface area contributed by atoms with Gasteiger partial charge >= 0.3 is 46.6 Å². The maximum atomic E-state index is 11.9. The molecular weight excluding hydrogens is 1090 g/mol. The van der Waals surface area contributed by atoms with Crippen LogP contribution >= 0.6 is 52.0 Å². The van der Waals surface area contributed by atoms with Gasteiger partial charge in [-0.3, -0.25) is 38.4 Å². The summed E-state index contributed by atoms with van der Waals surface area (Å²) >= 11 is 10.4. The number of hydrogen-bond acceptors (Lipinski definition) is 24. The minimum absolute atomic E-state index is 0.0274. The van der Waals surface area contributed by atoms with Crippen LogP contribution in [-0.2, 0) is 71.3 Å². The zero-order valence-electron chi connectivity index (χ0n) is 35.5. The third-order valence-electron chi connectivity index (χ3n) is 9.80. The molecule has 0 aliphatic carbocycles. The molecule has 3 aromatic rings. The number of halogens is 2. The van der Waals surface area contributed by atoms with Gasteiger partial charge in [0.2, 0.25) is 0 Å². The lowest BCUT2D eigenvalue weighted by Gasteiger charge is -2.19. The number of phosphoric acid groups is 3. The average molecular weight is 1130 g/mol. The summed E-state index contributed by atoms with van der Waals surface area (Å²) in [5, 5.41) is 68.3. The quantitative estimate of drug-likeness (QED) is 0.0670. The second kappa shape index (κ2) is 23.4. The maximum absolute atomic E-state index is 11.9. The van der Waals surface area contributed by atoms with Crippen LogP contribution in [0, 0.1) is 0 Å². The third-order valence-corrected chi connectivity index (χ3v) is 14.6. The van der Waals surface area contributed by atoms with Crippen molar-refractivity contribution in [2.24, 2.45) is 21.1 Å². The molecule has 3 saturated heterocycles. The Morgan fingerprint density at radius 2 is 0.843 bits per heavy atom. The van der Waals surface area contributed by atoms with Gasteiger partial charge in [-0.25, -0.2) is 28.1 Å². The van der Waals surface area contributed by atoms with Crippen molar-refractivity contribution in [1.29, 1.82) is 0 Å². The number of ether oxygens (including phenoxy) is 3. The van der Waals surface area contributed by atoms with E-state index in [4.69, 9.17) is 56.5 Å². The summed E-state index contributed by atoms with van der Waals surface area (Å²) in [5.41, 5.74) is -4.62. The number of nitrogens with one attached hydrogen (secondary N) is 3. The number of aromatic amines is 3. The van der Waals surface area contributed by atoms with Crippen molar-refractivity contribution in [2.45, 2.75) is 73.2 Å². The van der Waals surface area contributed by atoms with Crippen LogP contribution in [0.3, 0.4) is 0 Å². The van der Waals surface area contributed by atoms with Crippen LogP contribution in [0.4, 0.5) is 0 Å². The van der Waals surface area contributed by atoms with E-state index in [0.29, 0.717) is 0 Å². The molecule has 6 rings (SSSR count). The van der Waals surface area contributed by atoms with Crippen LogP contribution in [-0.4, -0.2) is 159 Å². The minimum atomic E-state index is -5.73. The number of aliphatic hydroxyl groups is 7. The Kier molecular flexibility index (Phi) is 19.8. The van der Waals surface area contributed by atoms with Crippen LogP contribution in [0.1, 0.15) is 35.0 Å². The van der Waals surface area contributed by atoms with Gasteiger partial charge in [0.1, 0.15) is 73.2 Å². The summed E-state index contributed by atoms with van der Waals surface area (Å²) in [5.74, 6) is 0. The van der Waals surface area contributed by atoms with Crippen molar-refractivity contribution in [2.75, 3.05) is 19.8 Å². The first-order chi connectivity index (χ1) is 32.1. The fourth-order valence-corrected chi connectivity index (χ4v) is 10.1. The summed E-state index contributed by atoms with van der Waals surface area (Å²) in [4.78, 5) is 111. The molecule has 5 unspecified atom stereocenters. The van der Waals surface area contributed by atoms with Gasteiger partial charge in [-0.05, 0) is 22.5 Å². The van der Waals surface area contributed by atoms with E-state index in [1.54, 1.807) is 0 Å². The number of hydrogen-bond donors (Lipinski definition) is 14. The summed E-state index contributed by atoms with van der Waals surface area (Å²) in [7, 11) is -12.7. The number of aryl methyl sites for hydroxylation is 3. The summed E-state index contributed by atoms with van der Waals surface area (Å²) in [6.45, 7) is -1.96. The Balaban J connectivity index is 0.000000236. The highest BCUT2D eigenvalue weighted by molar-refractivity contribution is 8.05. The Hall–Kier alpha value is -3.18. The number of nitrogens with zero attached hydrogens (tertiary/aromatic N) is 3. The van der Waals surface area contributed by atoms with E-state index in [1.165, 1.54) is 33.5 Å². The predicted octanol–water partition coefficient (Wildman–Crippen LogP) is -5.36. The first-order valence-corrected chi connectivity index (χ1v) is 27.0. The maximum Gasteiger partial charge on any atom is 0.490 e. The number of H-pyrrole nitrogens is 3. The number of aromatic nitrogens is 6. The normalized spacial score (nSPS) is 29.6. The van der Waals surface area contributed by atoms with Crippen LogP contribution < -0.4 is 33.7 Å². The van der Waals surface area contributed by atoms with E-state index in [9.17, 15) is 82.6 Å². The molecule has 0 bridgehead atoms. The molecule has 3 aliphatic rings. The molecule has 14 N–H and O–H groups in total. The van der Waals surface area contributed by atoms with Gasteiger partial charge in [0.15, 0.2) is 0 Å². The van der Waals surface area contributed by atoms with Gasteiger partial charge in [0.25, 0.3) is 16.7 Å². The standard InChI is InChI=1S/C10H13Cl2N2O7P.C10H17N2O15P3.C10H14N2O6/c1-14-2-4(9(17)13-10(14)18)8-7(16)6(15)5(21-8)3-20-22(11,12)19;1-12-2-4(9(15)11-10(12)16)8-7(14)6(13)5(25-8)3-24-29(20,21)27-30(22,23)26-28(17,18)19;1-12-2-4(9(16)11-10(12)17)8-7(15)6(14)5(3-13)18-8/h2,5-8,15-16H,3H2,1H3,(H,13,17,18);2,5-8,13-14H,3H2,1H3,(H,20,21)(H,22,23)(H,11,15,16)(H2,17,18,19);2,5-8,13-15H,3H2,1H3,(H,11,16,17)/t3*5-,6+,7?,8+/m111/s1. The van der Waals surface area contributed by atoms with E-state index >= 15 is 0 Å². The first-order valence-electron chi connectivity index (χ1n) is 19.0. The second-order valence-electron chi connectivity index (χ2n) is 14.9. The number of phosphoric ester groups is 1. The van der Waals surface area contributed by atoms with Crippen molar-refractivity contribution in [3.05, 3.63) is 97.8 Å². The van der Waals surface area contributed by atoms with Crippen LogP contribution in [0.5, 0.6) is 0 Å². The van der Waals surface area contributed by atoms with Crippen molar-refractivity contribution in [3.63, 3.8) is 0 Å². The van der Waals surface area contributed by atoms with Crippen molar-refractivity contribution >= 4 is 52.0 Å². The zero-order valence-corrected chi connectivity index (χ0v) is 40.6. The Labute approximate surface area is 397 Å². The van der Waals surface area contributed by atoms with E-state index in [2.05, 4.69) is 27.6 Å². The minimum Gasteiger partial charge on any atom is -0.394 e. The van der Waals surface area contributed by atoms with Crippen molar-refractivity contribution < 1.29 is 105 Å². The van der Waals surface area contributed by atoms with E-state index < -0.39 is 156 Å². The molecule has 34 nitrogen and oxygen atoms in total. The van der Waals surface area contributed by atoms with Gasteiger partial charge in [0, 0.05) is 39.7 Å². The monoisotopic (exact) mass is 1130 g/mol.